The van der Waals surface area contributed by atoms with Crippen LogP contribution in [0.3, 0.4) is 0 Å². The van der Waals surface area contributed by atoms with Crippen molar-refractivity contribution in [3.05, 3.63) is 29.8 Å². The molecule has 1 amide bonds. The topological polar surface area (TPSA) is 66.8 Å². The zero-order valence-corrected chi connectivity index (χ0v) is 14.8. The van der Waals surface area contributed by atoms with E-state index < -0.39 is 5.97 Å². The number of carboxylic acid groups (broad SMARTS) is 1. The van der Waals surface area contributed by atoms with Crippen molar-refractivity contribution >= 4 is 11.9 Å². The van der Waals surface area contributed by atoms with E-state index in [1.54, 1.807) is 7.11 Å². The number of likely N-dealkylation sites (tertiary alicyclic amines) is 1. The Balaban J connectivity index is 1.52. The fraction of sp³-hybridized carbons (Fsp3) is 0.600. The molecule has 1 aliphatic carbocycles. The molecule has 1 heterocycles. The quantitative estimate of drug-likeness (QED) is 0.909. The molecule has 1 N–H and O–H groups in total. The molecule has 0 bridgehead atoms. The summed E-state index contributed by atoms with van der Waals surface area (Å²) >= 11 is 0. The van der Waals surface area contributed by atoms with Gasteiger partial charge in [-0.3, -0.25) is 9.59 Å². The van der Waals surface area contributed by atoms with Crippen LogP contribution >= 0.6 is 0 Å². The standard InChI is InChI=1S/C20H27NO4/c1-25-18-4-2-3-17(13-18)14-9-11-21(12-10-14)19(22)15-5-7-16(8-6-15)20(23)24/h2-4,13-16H,5-12H2,1H3,(H,23,24). The van der Waals surface area contributed by atoms with Gasteiger partial charge < -0.3 is 14.7 Å². The van der Waals surface area contributed by atoms with Crippen molar-refractivity contribution in [2.75, 3.05) is 20.2 Å². The maximum Gasteiger partial charge on any atom is 0.306 e. The molecule has 1 saturated heterocycles. The van der Waals surface area contributed by atoms with E-state index in [0.717, 1.165) is 31.7 Å². The van der Waals surface area contributed by atoms with E-state index >= 15 is 0 Å². The van der Waals surface area contributed by atoms with Crippen LogP contribution in [0.25, 0.3) is 0 Å². The van der Waals surface area contributed by atoms with Gasteiger partial charge in [0, 0.05) is 19.0 Å². The number of amides is 1. The highest BCUT2D eigenvalue weighted by Crippen LogP contribution is 2.33. The number of methoxy groups -OCH3 is 1. The number of hydrogen-bond donors (Lipinski definition) is 1. The molecule has 0 aromatic heterocycles. The summed E-state index contributed by atoms with van der Waals surface area (Å²) < 4.78 is 5.30. The van der Waals surface area contributed by atoms with Gasteiger partial charge in [-0.2, -0.15) is 0 Å². The van der Waals surface area contributed by atoms with Gasteiger partial charge in [-0.15, -0.1) is 0 Å². The maximum absolute atomic E-state index is 12.7. The van der Waals surface area contributed by atoms with Crippen molar-refractivity contribution in [1.82, 2.24) is 4.90 Å². The minimum Gasteiger partial charge on any atom is -0.497 e. The van der Waals surface area contributed by atoms with E-state index in [1.165, 1.54) is 5.56 Å². The van der Waals surface area contributed by atoms with Crippen LogP contribution in [0.2, 0.25) is 0 Å². The Bertz CT molecular complexity index is 614. The van der Waals surface area contributed by atoms with Gasteiger partial charge in [-0.25, -0.2) is 0 Å². The average Bonchev–Trinajstić information content (AvgIpc) is 2.67. The normalized spacial score (nSPS) is 24.8. The second kappa shape index (κ2) is 7.89. The van der Waals surface area contributed by atoms with Gasteiger partial charge in [0.25, 0.3) is 0 Å². The Morgan fingerprint density at radius 3 is 2.28 bits per heavy atom. The maximum atomic E-state index is 12.7. The third kappa shape index (κ3) is 4.14. The molecular weight excluding hydrogens is 318 g/mol. The van der Waals surface area contributed by atoms with Crippen LogP contribution in [0, 0.1) is 11.8 Å². The van der Waals surface area contributed by atoms with Gasteiger partial charge in [0.2, 0.25) is 5.91 Å². The lowest BCUT2D eigenvalue weighted by atomic mass is 9.81. The van der Waals surface area contributed by atoms with Crippen LogP contribution in [0.1, 0.15) is 50.0 Å². The third-order valence-electron chi connectivity index (χ3n) is 5.80. The van der Waals surface area contributed by atoms with Crippen LogP contribution < -0.4 is 4.74 Å². The SMILES string of the molecule is COc1cccc(C2CCN(C(=O)C3CCC(C(=O)O)CC3)CC2)c1. The van der Waals surface area contributed by atoms with Crippen LogP contribution in [0.5, 0.6) is 5.75 Å². The van der Waals surface area contributed by atoms with E-state index in [4.69, 9.17) is 9.84 Å². The number of carboxylic acids is 1. The zero-order chi connectivity index (χ0) is 17.8. The Morgan fingerprint density at radius 1 is 1.04 bits per heavy atom. The highest BCUT2D eigenvalue weighted by atomic mass is 16.5. The fourth-order valence-corrected chi connectivity index (χ4v) is 4.17. The Kier molecular flexibility index (Phi) is 5.61. The lowest BCUT2D eigenvalue weighted by Gasteiger charge is -2.36. The second-order valence-corrected chi connectivity index (χ2v) is 7.26. The number of carbonyl (C=O) groups is 2. The summed E-state index contributed by atoms with van der Waals surface area (Å²) in [5.41, 5.74) is 1.29. The zero-order valence-electron chi connectivity index (χ0n) is 14.8. The summed E-state index contributed by atoms with van der Waals surface area (Å²) in [6, 6.07) is 8.20. The van der Waals surface area contributed by atoms with E-state index in [-0.39, 0.29) is 17.7 Å². The molecule has 5 nitrogen and oxygen atoms in total. The minimum atomic E-state index is -0.718. The molecule has 5 heteroatoms. The highest BCUT2D eigenvalue weighted by molar-refractivity contribution is 5.79. The predicted molar refractivity (Wildman–Crippen MR) is 94.6 cm³/mol. The average molecular weight is 345 g/mol. The van der Waals surface area contributed by atoms with Crippen LogP contribution in [0.15, 0.2) is 24.3 Å². The van der Waals surface area contributed by atoms with E-state index in [9.17, 15) is 9.59 Å². The van der Waals surface area contributed by atoms with Crippen molar-refractivity contribution < 1.29 is 19.4 Å². The molecule has 1 aromatic carbocycles. The third-order valence-corrected chi connectivity index (χ3v) is 5.80. The molecule has 1 aromatic rings. The molecule has 0 atom stereocenters. The van der Waals surface area contributed by atoms with Crippen LogP contribution in [0.4, 0.5) is 0 Å². The Morgan fingerprint density at radius 2 is 1.68 bits per heavy atom. The summed E-state index contributed by atoms with van der Waals surface area (Å²) in [6.07, 6.45) is 4.64. The number of rotatable bonds is 4. The van der Waals surface area contributed by atoms with Crippen molar-refractivity contribution in [3.63, 3.8) is 0 Å². The molecule has 0 spiro atoms. The smallest absolute Gasteiger partial charge is 0.306 e. The van der Waals surface area contributed by atoms with E-state index in [0.29, 0.717) is 31.6 Å². The molecule has 0 radical (unpaired) electrons. The Hall–Kier alpha value is -2.04. The van der Waals surface area contributed by atoms with Gasteiger partial charge in [0.05, 0.1) is 13.0 Å². The number of benzene rings is 1. The first-order chi connectivity index (χ1) is 12.1. The lowest BCUT2D eigenvalue weighted by Crippen LogP contribution is -2.42. The molecule has 1 aliphatic heterocycles. The molecule has 3 rings (SSSR count). The summed E-state index contributed by atoms with van der Waals surface area (Å²) in [6.45, 7) is 1.58. The number of ether oxygens (including phenoxy) is 1. The van der Waals surface area contributed by atoms with E-state index in [1.807, 2.05) is 17.0 Å². The van der Waals surface area contributed by atoms with E-state index in [2.05, 4.69) is 12.1 Å². The largest absolute Gasteiger partial charge is 0.497 e. The first-order valence-corrected chi connectivity index (χ1v) is 9.24. The monoisotopic (exact) mass is 345 g/mol. The minimum absolute atomic E-state index is 0.0176. The highest BCUT2D eigenvalue weighted by Gasteiger charge is 2.33. The molecular formula is C20H27NO4. The second-order valence-electron chi connectivity index (χ2n) is 7.26. The summed E-state index contributed by atoms with van der Waals surface area (Å²) in [7, 11) is 1.68. The summed E-state index contributed by atoms with van der Waals surface area (Å²) in [5.74, 6) is 0.623. The first kappa shape index (κ1) is 17.8. The molecule has 1 saturated carbocycles. The predicted octanol–water partition coefficient (Wildman–Crippen LogP) is 3.29. The van der Waals surface area contributed by atoms with Gasteiger partial charge in [0.15, 0.2) is 0 Å². The number of hydrogen-bond acceptors (Lipinski definition) is 3. The number of aliphatic carboxylic acids is 1. The summed E-state index contributed by atoms with van der Waals surface area (Å²) in [4.78, 5) is 25.8. The van der Waals surface area contributed by atoms with Gasteiger partial charge in [-0.1, -0.05) is 12.1 Å². The molecule has 25 heavy (non-hydrogen) atoms. The fourth-order valence-electron chi connectivity index (χ4n) is 4.17. The first-order valence-electron chi connectivity index (χ1n) is 9.24. The lowest BCUT2D eigenvalue weighted by molar-refractivity contribution is -0.146. The van der Waals surface area contributed by atoms with Gasteiger partial charge >= 0.3 is 5.97 Å². The number of carbonyl (C=O) groups excluding carboxylic acids is 1. The van der Waals surface area contributed by atoms with Crippen molar-refractivity contribution in [2.24, 2.45) is 11.8 Å². The van der Waals surface area contributed by atoms with Gasteiger partial charge in [-0.05, 0) is 62.1 Å². The number of nitrogens with zero attached hydrogens (tertiary/aromatic N) is 1. The summed E-state index contributed by atoms with van der Waals surface area (Å²) in [5, 5.41) is 9.08. The van der Waals surface area contributed by atoms with Crippen molar-refractivity contribution in [2.45, 2.75) is 44.4 Å². The van der Waals surface area contributed by atoms with Crippen molar-refractivity contribution in [3.8, 4) is 5.75 Å². The molecule has 2 aliphatic rings. The molecule has 2 fully saturated rings. The van der Waals surface area contributed by atoms with Crippen LogP contribution in [-0.2, 0) is 9.59 Å². The van der Waals surface area contributed by atoms with Crippen LogP contribution in [-0.4, -0.2) is 42.1 Å². The molecule has 136 valence electrons. The van der Waals surface area contributed by atoms with Crippen molar-refractivity contribution in [1.29, 1.82) is 0 Å². The molecule has 0 unspecified atom stereocenters. The van der Waals surface area contributed by atoms with Gasteiger partial charge in [0.1, 0.15) is 5.75 Å². The number of piperidine rings is 1. The Labute approximate surface area is 149 Å².